The molecular weight excluding hydrogens is 299 g/mol. The van der Waals surface area contributed by atoms with Gasteiger partial charge in [-0.15, -0.1) is 0 Å². The number of hydrogen-bond donors (Lipinski definition) is 2. The molecule has 0 bridgehead atoms. The van der Waals surface area contributed by atoms with Crippen LogP contribution in [0.5, 0.6) is 0 Å². The average Bonchev–Trinajstić information content (AvgIpc) is 2.46. The summed E-state index contributed by atoms with van der Waals surface area (Å²) in [5.41, 5.74) is 12.2. The minimum Gasteiger partial charge on any atom is -0.396 e. The number of rotatable bonds is 0. The van der Waals surface area contributed by atoms with Crippen molar-refractivity contribution in [3.63, 3.8) is 0 Å². The second-order valence-electron chi connectivity index (χ2n) is 4.41. The molecule has 100 valence electrons. The van der Waals surface area contributed by atoms with Crippen molar-refractivity contribution in [2.75, 3.05) is 11.5 Å². The summed E-state index contributed by atoms with van der Waals surface area (Å²) in [6.45, 7) is 0. The Morgan fingerprint density at radius 3 is 1.80 bits per heavy atom. The van der Waals surface area contributed by atoms with Crippen LogP contribution in [0.4, 0.5) is 11.4 Å². The van der Waals surface area contributed by atoms with Gasteiger partial charge in [0.2, 0.25) is 0 Å². The van der Waals surface area contributed by atoms with Crippen molar-refractivity contribution >= 4 is 46.1 Å². The van der Waals surface area contributed by atoms with Crippen molar-refractivity contribution in [1.82, 2.24) is 0 Å². The average molecular weight is 307 g/mol. The van der Waals surface area contributed by atoms with Crippen molar-refractivity contribution < 1.29 is 9.59 Å². The van der Waals surface area contributed by atoms with E-state index < -0.39 is 0 Å². The third kappa shape index (κ3) is 1.49. The van der Waals surface area contributed by atoms with E-state index in [0.717, 1.165) is 0 Å². The molecule has 0 atom stereocenters. The van der Waals surface area contributed by atoms with Crippen LogP contribution in [0.25, 0.3) is 0 Å². The normalized spacial score (nSPS) is 13.1. The lowest BCUT2D eigenvalue weighted by atomic mass is 9.83. The smallest absolute Gasteiger partial charge is 0.196 e. The summed E-state index contributed by atoms with van der Waals surface area (Å²) in [6, 6.07) is 6.48. The predicted molar refractivity (Wildman–Crippen MR) is 78.6 cm³/mol. The molecule has 0 spiro atoms. The predicted octanol–water partition coefficient (Wildman–Crippen LogP) is 2.93. The van der Waals surface area contributed by atoms with E-state index in [1.807, 2.05) is 0 Å². The van der Waals surface area contributed by atoms with E-state index in [2.05, 4.69) is 0 Å². The first-order valence-corrected chi connectivity index (χ1v) is 6.45. The Hall–Kier alpha value is -2.04. The zero-order chi connectivity index (χ0) is 14.6. The lowest BCUT2D eigenvalue weighted by molar-refractivity contribution is 0.0980. The van der Waals surface area contributed by atoms with Crippen molar-refractivity contribution in [1.29, 1.82) is 0 Å². The summed E-state index contributed by atoms with van der Waals surface area (Å²) in [5.74, 6) is -0.758. The van der Waals surface area contributed by atoms with Gasteiger partial charge in [-0.3, -0.25) is 9.59 Å². The molecule has 1 aliphatic rings. The first kappa shape index (κ1) is 13.0. The Labute approximate surface area is 124 Å². The lowest BCUT2D eigenvalue weighted by Gasteiger charge is -2.21. The van der Waals surface area contributed by atoms with E-state index in [1.54, 1.807) is 24.3 Å². The summed E-state index contributed by atoms with van der Waals surface area (Å²) in [6.07, 6.45) is 0. The van der Waals surface area contributed by atoms with Crippen molar-refractivity contribution in [2.24, 2.45) is 0 Å². The first-order chi connectivity index (χ1) is 9.45. The summed E-state index contributed by atoms with van der Waals surface area (Å²) in [5, 5.41) is -0.0512. The second-order valence-corrected chi connectivity index (χ2v) is 5.17. The fraction of sp³-hybridized carbons (Fsp3) is 0. The maximum Gasteiger partial charge on any atom is 0.196 e. The zero-order valence-corrected chi connectivity index (χ0v) is 11.5. The SMILES string of the molecule is Nc1c(N)c2c(c(Cl)c1Cl)C(=O)c1ccccc1C2=O. The zero-order valence-electron chi connectivity index (χ0n) is 10.0. The number of nitrogen functional groups attached to an aromatic ring is 2. The second kappa shape index (κ2) is 4.23. The molecule has 2 aromatic rings. The molecule has 0 saturated heterocycles. The van der Waals surface area contributed by atoms with Gasteiger partial charge in [0.05, 0.1) is 32.5 Å². The number of anilines is 2. The van der Waals surface area contributed by atoms with Crippen LogP contribution >= 0.6 is 23.2 Å². The molecule has 0 radical (unpaired) electrons. The fourth-order valence-electron chi connectivity index (χ4n) is 2.32. The maximum absolute atomic E-state index is 12.5. The van der Waals surface area contributed by atoms with E-state index >= 15 is 0 Å². The molecule has 4 N–H and O–H groups in total. The lowest BCUT2D eigenvalue weighted by Crippen LogP contribution is -2.23. The number of benzene rings is 2. The highest BCUT2D eigenvalue weighted by molar-refractivity contribution is 6.48. The Morgan fingerprint density at radius 1 is 0.750 bits per heavy atom. The third-order valence-corrected chi connectivity index (χ3v) is 4.20. The Morgan fingerprint density at radius 2 is 1.25 bits per heavy atom. The van der Waals surface area contributed by atoms with E-state index in [4.69, 9.17) is 34.7 Å². The van der Waals surface area contributed by atoms with Crippen molar-refractivity contribution in [3.05, 3.63) is 56.6 Å². The van der Waals surface area contributed by atoms with Crippen LogP contribution < -0.4 is 11.5 Å². The minimum absolute atomic E-state index is 0.0101. The molecule has 6 heteroatoms. The molecule has 2 aromatic carbocycles. The summed E-state index contributed by atoms with van der Waals surface area (Å²) in [7, 11) is 0. The van der Waals surface area contributed by atoms with Gasteiger partial charge in [-0.1, -0.05) is 47.5 Å². The van der Waals surface area contributed by atoms with Gasteiger partial charge < -0.3 is 11.5 Å². The largest absolute Gasteiger partial charge is 0.396 e. The van der Waals surface area contributed by atoms with Crippen molar-refractivity contribution in [3.8, 4) is 0 Å². The molecule has 1 aliphatic carbocycles. The number of hydrogen-bond acceptors (Lipinski definition) is 4. The van der Waals surface area contributed by atoms with Crippen LogP contribution in [-0.2, 0) is 0 Å². The van der Waals surface area contributed by atoms with Gasteiger partial charge in [-0.2, -0.15) is 0 Å². The van der Waals surface area contributed by atoms with Crippen LogP contribution in [-0.4, -0.2) is 11.6 Å². The topological polar surface area (TPSA) is 86.2 Å². The molecule has 0 aliphatic heterocycles. The highest BCUT2D eigenvalue weighted by Crippen LogP contribution is 2.43. The first-order valence-electron chi connectivity index (χ1n) is 5.69. The molecule has 4 nitrogen and oxygen atoms in total. The highest BCUT2D eigenvalue weighted by atomic mass is 35.5. The van der Waals surface area contributed by atoms with E-state index in [1.165, 1.54) is 0 Å². The van der Waals surface area contributed by atoms with Crippen LogP contribution in [0.2, 0.25) is 10.0 Å². The number of ketones is 2. The number of halogens is 2. The molecular formula is C14H8Cl2N2O2. The van der Waals surface area contributed by atoms with Gasteiger partial charge in [0, 0.05) is 11.1 Å². The van der Waals surface area contributed by atoms with Gasteiger partial charge in [-0.25, -0.2) is 0 Å². The molecule has 20 heavy (non-hydrogen) atoms. The fourth-order valence-corrected chi connectivity index (χ4v) is 2.80. The molecule has 0 saturated carbocycles. The number of fused-ring (bicyclic) bond motifs is 2. The summed E-state index contributed by atoms with van der Waals surface area (Å²) >= 11 is 12.0. The monoisotopic (exact) mass is 306 g/mol. The Kier molecular flexibility index (Phi) is 2.74. The molecule has 3 rings (SSSR count). The number of carbonyl (C=O) groups is 2. The minimum atomic E-state index is -0.381. The molecule has 0 amide bonds. The van der Waals surface area contributed by atoms with Gasteiger partial charge in [0.15, 0.2) is 11.6 Å². The van der Waals surface area contributed by atoms with Crippen LogP contribution in [0, 0.1) is 0 Å². The van der Waals surface area contributed by atoms with E-state index in [-0.39, 0.29) is 55.2 Å². The number of nitrogens with two attached hydrogens (primary N) is 2. The van der Waals surface area contributed by atoms with Crippen LogP contribution in [0.15, 0.2) is 24.3 Å². The van der Waals surface area contributed by atoms with Gasteiger partial charge >= 0.3 is 0 Å². The Balaban J connectivity index is 2.46. The van der Waals surface area contributed by atoms with Gasteiger partial charge in [-0.05, 0) is 0 Å². The standard InChI is InChI=1S/C14H8Cl2N2O2/c15-9-7-8(11(17)12(18)10(9)16)14(20)6-4-2-1-3-5(6)13(7)19/h1-4H,17-18H2. The van der Waals surface area contributed by atoms with E-state index in [0.29, 0.717) is 0 Å². The van der Waals surface area contributed by atoms with Crippen LogP contribution in [0.3, 0.4) is 0 Å². The van der Waals surface area contributed by atoms with E-state index in [9.17, 15) is 9.59 Å². The molecule has 0 unspecified atom stereocenters. The highest BCUT2D eigenvalue weighted by Gasteiger charge is 2.35. The van der Waals surface area contributed by atoms with Crippen LogP contribution in [0.1, 0.15) is 31.8 Å². The summed E-state index contributed by atoms with van der Waals surface area (Å²) < 4.78 is 0. The van der Waals surface area contributed by atoms with Crippen molar-refractivity contribution in [2.45, 2.75) is 0 Å². The number of carbonyl (C=O) groups excluding carboxylic acids is 2. The van der Waals surface area contributed by atoms with Gasteiger partial charge in [0.25, 0.3) is 0 Å². The molecule has 0 fully saturated rings. The summed E-state index contributed by atoms with van der Waals surface area (Å²) in [4.78, 5) is 25.0. The Bertz CT molecular complexity index is 734. The maximum atomic E-state index is 12.5. The quantitative estimate of drug-likeness (QED) is 0.625. The van der Waals surface area contributed by atoms with Gasteiger partial charge in [0.1, 0.15) is 0 Å². The third-order valence-electron chi connectivity index (χ3n) is 3.33. The molecule has 0 heterocycles. The molecule has 0 aromatic heterocycles.